The minimum Gasteiger partial charge on any atom is -0.477 e. The van der Waals surface area contributed by atoms with Gasteiger partial charge in [-0.2, -0.15) is 0 Å². The fraction of sp³-hybridized carbons (Fsp3) is 0.0476. The van der Waals surface area contributed by atoms with Crippen molar-refractivity contribution in [3.63, 3.8) is 0 Å². The first kappa shape index (κ1) is 21.7. The monoisotopic (exact) mass is 443 g/mol. The summed E-state index contributed by atoms with van der Waals surface area (Å²) in [4.78, 5) is 34.9. The van der Waals surface area contributed by atoms with Gasteiger partial charge in [-0.15, -0.1) is 0 Å². The normalized spacial score (nSPS) is 10.3. The number of anilines is 2. The molecule has 10 heteroatoms. The Morgan fingerprint density at radius 3 is 2.48 bits per heavy atom. The molecule has 0 aliphatic rings. The van der Waals surface area contributed by atoms with Crippen molar-refractivity contribution in [2.45, 2.75) is 0 Å². The summed E-state index contributed by atoms with van der Waals surface area (Å²) < 4.78 is 18.5. The topological polar surface area (TPSA) is 111 Å². The summed E-state index contributed by atoms with van der Waals surface area (Å²) in [5.74, 6) is -1.70. The van der Waals surface area contributed by atoms with Crippen molar-refractivity contribution < 1.29 is 23.6 Å². The maximum atomic E-state index is 13.2. The second-order valence-corrected chi connectivity index (χ2v) is 6.63. The Balaban J connectivity index is 1.62. The molecule has 3 aromatic rings. The van der Waals surface area contributed by atoms with Crippen LogP contribution in [0.2, 0.25) is 5.02 Å². The van der Waals surface area contributed by atoms with E-state index in [9.17, 15) is 24.1 Å². The number of nitro groups is 1. The average molecular weight is 444 g/mol. The highest BCUT2D eigenvalue weighted by Crippen LogP contribution is 2.25. The van der Waals surface area contributed by atoms with Crippen molar-refractivity contribution in [2.75, 3.05) is 17.2 Å². The molecule has 31 heavy (non-hydrogen) atoms. The number of nitro benzene ring substituents is 1. The van der Waals surface area contributed by atoms with E-state index in [1.807, 2.05) is 0 Å². The van der Waals surface area contributed by atoms with Crippen LogP contribution in [0.4, 0.5) is 21.5 Å². The van der Waals surface area contributed by atoms with E-state index in [0.29, 0.717) is 11.4 Å². The molecule has 0 bridgehead atoms. The largest absolute Gasteiger partial charge is 0.477 e. The van der Waals surface area contributed by atoms with E-state index in [1.165, 1.54) is 42.5 Å². The van der Waals surface area contributed by atoms with E-state index < -0.39 is 29.2 Å². The summed E-state index contributed by atoms with van der Waals surface area (Å²) in [6, 6.07) is 15.6. The molecule has 0 fully saturated rings. The molecule has 0 atom stereocenters. The molecule has 3 rings (SSSR count). The van der Waals surface area contributed by atoms with Gasteiger partial charge in [-0.05, 0) is 42.5 Å². The van der Waals surface area contributed by atoms with Crippen LogP contribution in [0.1, 0.15) is 10.4 Å². The third-order valence-corrected chi connectivity index (χ3v) is 4.30. The molecule has 0 aliphatic carbocycles. The second-order valence-electron chi connectivity index (χ2n) is 6.23. The van der Waals surface area contributed by atoms with Gasteiger partial charge >= 0.3 is 5.69 Å². The number of ether oxygens (including phenoxy) is 1. The minimum absolute atomic E-state index is 0.0336. The van der Waals surface area contributed by atoms with Crippen LogP contribution in [0.3, 0.4) is 0 Å². The standard InChI is InChI=1S/C21H15ClFN3O5/c22-16-11-15(8-9-17(16)23)25-21(28)13-4-3-5-14(10-13)24-20(27)12-31-19-7-2-1-6-18(19)26(29)30/h1-11H,12H2,(H,24,27)(H,25,28). The quantitative estimate of drug-likeness (QED) is 0.407. The molecule has 0 heterocycles. The van der Waals surface area contributed by atoms with Gasteiger partial charge in [0, 0.05) is 23.0 Å². The van der Waals surface area contributed by atoms with Crippen LogP contribution in [0.25, 0.3) is 0 Å². The van der Waals surface area contributed by atoms with Crippen molar-refractivity contribution in [3.8, 4) is 5.75 Å². The predicted molar refractivity (Wildman–Crippen MR) is 113 cm³/mol. The number of hydrogen-bond acceptors (Lipinski definition) is 5. The summed E-state index contributed by atoms with van der Waals surface area (Å²) in [6.07, 6.45) is 0. The molecule has 0 aliphatic heterocycles. The number of amides is 2. The zero-order chi connectivity index (χ0) is 22.4. The van der Waals surface area contributed by atoms with Gasteiger partial charge in [-0.1, -0.05) is 29.8 Å². The van der Waals surface area contributed by atoms with Crippen LogP contribution in [-0.4, -0.2) is 23.3 Å². The zero-order valence-electron chi connectivity index (χ0n) is 15.8. The molecule has 2 amide bonds. The summed E-state index contributed by atoms with van der Waals surface area (Å²) >= 11 is 5.70. The first-order valence-electron chi connectivity index (χ1n) is 8.86. The molecule has 158 valence electrons. The third-order valence-electron chi connectivity index (χ3n) is 4.01. The first-order valence-corrected chi connectivity index (χ1v) is 9.24. The summed E-state index contributed by atoms with van der Waals surface area (Å²) in [5.41, 5.74) is 0.609. The van der Waals surface area contributed by atoms with E-state index in [4.69, 9.17) is 16.3 Å². The van der Waals surface area contributed by atoms with Gasteiger partial charge in [0.1, 0.15) is 5.82 Å². The van der Waals surface area contributed by atoms with Crippen molar-refractivity contribution in [3.05, 3.63) is 93.2 Å². The van der Waals surface area contributed by atoms with Gasteiger partial charge in [0.25, 0.3) is 11.8 Å². The highest BCUT2D eigenvalue weighted by Gasteiger charge is 2.15. The van der Waals surface area contributed by atoms with E-state index in [2.05, 4.69) is 10.6 Å². The predicted octanol–water partition coefficient (Wildman–Crippen LogP) is 4.66. The Bertz CT molecular complexity index is 1160. The van der Waals surface area contributed by atoms with Crippen molar-refractivity contribution >= 4 is 40.5 Å². The molecule has 2 N–H and O–H groups in total. The SMILES string of the molecule is O=C(COc1ccccc1[N+](=O)[O-])Nc1cccc(C(=O)Nc2ccc(F)c(Cl)c2)c1. The van der Waals surface area contributed by atoms with Gasteiger partial charge < -0.3 is 15.4 Å². The first-order chi connectivity index (χ1) is 14.8. The van der Waals surface area contributed by atoms with Crippen molar-refractivity contribution in [1.29, 1.82) is 0 Å². The lowest BCUT2D eigenvalue weighted by molar-refractivity contribution is -0.385. The van der Waals surface area contributed by atoms with E-state index in [1.54, 1.807) is 18.2 Å². The highest BCUT2D eigenvalue weighted by molar-refractivity contribution is 6.31. The maximum absolute atomic E-state index is 13.2. The Hall–Kier alpha value is -3.98. The Kier molecular flexibility index (Phi) is 6.78. The van der Waals surface area contributed by atoms with Gasteiger partial charge in [-0.25, -0.2) is 4.39 Å². The fourth-order valence-corrected chi connectivity index (χ4v) is 2.77. The average Bonchev–Trinajstić information content (AvgIpc) is 2.75. The molecule has 0 saturated heterocycles. The number of benzene rings is 3. The molecular weight excluding hydrogens is 429 g/mol. The molecule has 0 saturated carbocycles. The van der Waals surface area contributed by atoms with Crippen LogP contribution >= 0.6 is 11.6 Å². The summed E-state index contributed by atoms with van der Waals surface area (Å²) in [6.45, 7) is -0.463. The lowest BCUT2D eigenvalue weighted by Crippen LogP contribution is -2.21. The van der Waals surface area contributed by atoms with Crippen molar-refractivity contribution in [1.82, 2.24) is 0 Å². The fourth-order valence-electron chi connectivity index (χ4n) is 2.59. The molecule has 0 unspecified atom stereocenters. The molecule has 0 aromatic heterocycles. The smallest absolute Gasteiger partial charge is 0.310 e. The third kappa shape index (κ3) is 5.77. The molecular formula is C21H15ClFN3O5. The molecule has 8 nitrogen and oxygen atoms in total. The maximum Gasteiger partial charge on any atom is 0.310 e. The van der Waals surface area contributed by atoms with E-state index in [-0.39, 0.29) is 22.0 Å². The number of carbonyl (C=O) groups is 2. The number of halogens is 2. The zero-order valence-corrected chi connectivity index (χ0v) is 16.6. The van der Waals surface area contributed by atoms with Crippen LogP contribution in [0.5, 0.6) is 5.75 Å². The van der Waals surface area contributed by atoms with Gasteiger partial charge in [-0.3, -0.25) is 19.7 Å². The number of carbonyl (C=O) groups excluding carboxylic acids is 2. The Morgan fingerprint density at radius 2 is 1.74 bits per heavy atom. The van der Waals surface area contributed by atoms with E-state index in [0.717, 1.165) is 6.07 Å². The van der Waals surface area contributed by atoms with Crippen LogP contribution in [-0.2, 0) is 4.79 Å². The Morgan fingerprint density at radius 1 is 1.00 bits per heavy atom. The molecule has 0 spiro atoms. The Labute approximate surface area is 180 Å². The van der Waals surface area contributed by atoms with Gasteiger partial charge in [0.2, 0.25) is 0 Å². The van der Waals surface area contributed by atoms with Gasteiger partial charge in [0.05, 0.1) is 9.95 Å². The number of rotatable bonds is 7. The minimum atomic E-state index is -0.608. The van der Waals surface area contributed by atoms with Crippen molar-refractivity contribution in [2.24, 2.45) is 0 Å². The number of nitrogens with zero attached hydrogens (tertiary/aromatic N) is 1. The summed E-state index contributed by atoms with van der Waals surface area (Å²) in [5, 5.41) is 16.0. The van der Waals surface area contributed by atoms with Crippen LogP contribution < -0.4 is 15.4 Å². The van der Waals surface area contributed by atoms with Crippen LogP contribution in [0.15, 0.2) is 66.7 Å². The number of hydrogen-bond donors (Lipinski definition) is 2. The van der Waals surface area contributed by atoms with Crippen LogP contribution in [0, 0.1) is 15.9 Å². The number of nitrogens with one attached hydrogen (secondary N) is 2. The lowest BCUT2D eigenvalue weighted by atomic mass is 10.2. The molecule has 3 aromatic carbocycles. The van der Waals surface area contributed by atoms with Gasteiger partial charge in [0.15, 0.2) is 12.4 Å². The van der Waals surface area contributed by atoms with E-state index >= 15 is 0 Å². The second kappa shape index (κ2) is 9.68. The molecule has 0 radical (unpaired) electrons. The number of para-hydroxylation sites is 2. The highest BCUT2D eigenvalue weighted by atomic mass is 35.5. The summed E-state index contributed by atoms with van der Waals surface area (Å²) in [7, 11) is 0. The lowest BCUT2D eigenvalue weighted by Gasteiger charge is -2.10.